The minimum absolute atomic E-state index is 0.112. The van der Waals surface area contributed by atoms with Gasteiger partial charge in [0.1, 0.15) is 23.8 Å². The van der Waals surface area contributed by atoms with Gasteiger partial charge in [0.05, 0.1) is 19.3 Å². The summed E-state index contributed by atoms with van der Waals surface area (Å²) < 4.78 is 16.9. The normalized spacial score (nSPS) is 13.0. The van der Waals surface area contributed by atoms with E-state index < -0.39 is 0 Å². The quantitative estimate of drug-likeness (QED) is 0.843. The van der Waals surface area contributed by atoms with Crippen molar-refractivity contribution in [3.63, 3.8) is 0 Å². The third kappa shape index (κ3) is 3.15. The van der Waals surface area contributed by atoms with Gasteiger partial charge < -0.3 is 19.1 Å². The third-order valence-corrected chi connectivity index (χ3v) is 3.97. The highest BCUT2D eigenvalue weighted by Crippen LogP contribution is 2.42. The van der Waals surface area contributed by atoms with Crippen molar-refractivity contribution in [1.29, 1.82) is 0 Å². The van der Waals surface area contributed by atoms with E-state index in [4.69, 9.17) is 14.2 Å². The van der Waals surface area contributed by atoms with E-state index in [1.165, 1.54) is 0 Å². The molecule has 2 aromatic carbocycles. The zero-order valence-electron chi connectivity index (χ0n) is 14.2. The summed E-state index contributed by atoms with van der Waals surface area (Å²) in [5, 5.41) is 0. The van der Waals surface area contributed by atoms with Crippen molar-refractivity contribution in [1.82, 2.24) is 0 Å². The molecule has 1 aliphatic heterocycles. The fourth-order valence-corrected chi connectivity index (χ4v) is 2.72. The lowest BCUT2D eigenvalue weighted by molar-refractivity contribution is 0.0933. The summed E-state index contributed by atoms with van der Waals surface area (Å²) in [7, 11) is 5.47. The topological polar surface area (TPSA) is 48.0 Å². The van der Waals surface area contributed by atoms with Crippen LogP contribution in [0.15, 0.2) is 36.4 Å². The van der Waals surface area contributed by atoms with E-state index >= 15 is 0 Å². The van der Waals surface area contributed by atoms with Crippen LogP contribution in [0.4, 0.5) is 5.69 Å². The molecule has 0 aliphatic carbocycles. The lowest BCUT2D eigenvalue weighted by Gasteiger charge is -2.25. The molecule has 1 heterocycles. The number of ketones is 1. The standard InChI is InChI=1S/C19H21NO4/c1-20(2)18-17(9-8-15-16(21)10-11-23-19(15)18)24-12-13-4-6-14(22-3)7-5-13/h4-9H,10-12H2,1-3H3. The lowest BCUT2D eigenvalue weighted by atomic mass is 10.0. The van der Waals surface area contributed by atoms with Gasteiger partial charge in [0.25, 0.3) is 0 Å². The van der Waals surface area contributed by atoms with Crippen molar-refractivity contribution in [2.45, 2.75) is 13.0 Å². The Labute approximate surface area is 141 Å². The number of methoxy groups -OCH3 is 1. The fourth-order valence-electron chi connectivity index (χ4n) is 2.72. The summed E-state index contributed by atoms with van der Waals surface area (Å²) in [4.78, 5) is 14.0. The molecule has 0 spiro atoms. The van der Waals surface area contributed by atoms with Gasteiger partial charge in [0.15, 0.2) is 11.5 Å². The SMILES string of the molecule is COc1ccc(COc2ccc3c(c2N(C)C)OCCC3=O)cc1. The van der Waals surface area contributed by atoms with Gasteiger partial charge in [-0.1, -0.05) is 12.1 Å². The molecule has 0 saturated heterocycles. The maximum absolute atomic E-state index is 12.1. The van der Waals surface area contributed by atoms with Crippen molar-refractivity contribution in [2.24, 2.45) is 0 Å². The first-order valence-electron chi connectivity index (χ1n) is 7.86. The number of anilines is 1. The van der Waals surface area contributed by atoms with Crippen molar-refractivity contribution < 1.29 is 19.0 Å². The first-order valence-corrected chi connectivity index (χ1v) is 7.86. The minimum Gasteiger partial charge on any atom is -0.497 e. The number of hydrogen-bond acceptors (Lipinski definition) is 5. The molecule has 0 saturated carbocycles. The Balaban J connectivity index is 1.86. The molecule has 0 bridgehead atoms. The highest BCUT2D eigenvalue weighted by molar-refractivity contribution is 6.02. The van der Waals surface area contributed by atoms with Gasteiger partial charge in [-0.3, -0.25) is 4.79 Å². The third-order valence-electron chi connectivity index (χ3n) is 3.97. The number of carbonyl (C=O) groups is 1. The number of nitrogens with zero attached hydrogens (tertiary/aromatic N) is 1. The lowest BCUT2D eigenvalue weighted by Crippen LogP contribution is -2.20. The van der Waals surface area contributed by atoms with E-state index in [2.05, 4.69) is 0 Å². The predicted octanol–water partition coefficient (Wildman–Crippen LogP) is 3.31. The summed E-state index contributed by atoms with van der Waals surface area (Å²) in [5.74, 6) is 2.24. The molecule has 0 unspecified atom stereocenters. The molecule has 3 rings (SSSR count). The monoisotopic (exact) mass is 327 g/mol. The van der Waals surface area contributed by atoms with E-state index in [1.807, 2.05) is 49.3 Å². The Morgan fingerprint density at radius 2 is 1.88 bits per heavy atom. The second-order valence-electron chi connectivity index (χ2n) is 5.84. The van der Waals surface area contributed by atoms with E-state index in [0.717, 1.165) is 17.0 Å². The van der Waals surface area contributed by atoms with Crippen LogP contribution in [0.5, 0.6) is 17.2 Å². The van der Waals surface area contributed by atoms with Gasteiger partial charge in [-0.15, -0.1) is 0 Å². The first kappa shape index (κ1) is 16.2. The van der Waals surface area contributed by atoms with E-state index in [0.29, 0.717) is 36.7 Å². The van der Waals surface area contributed by atoms with E-state index in [9.17, 15) is 4.79 Å². The molecule has 0 N–H and O–H groups in total. The first-order chi connectivity index (χ1) is 11.6. The average molecular weight is 327 g/mol. The average Bonchev–Trinajstić information content (AvgIpc) is 2.60. The van der Waals surface area contributed by atoms with E-state index in [1.54, 1.807) is 13.2 Å². The molecule has 0 amide bonds. The highest BCUT2D eigenvalue weighted by atomic mass is 16.5. The molecule has 2 aromatic rings. The molecule has 0 atom stereocenters. The van der Waals surface area contributed by atoms with Gasteiger partial charge >= 0.3 is 0 Å². The van der Waals surface area contributed by atoms with Crippen molar-refractivity contribution >= 4 is 11.5 Å². The number of hydrogen-bond donors (Lipinski definition) is 0. The van der Waals surface area contributed by atoms with Crippen LogP contribution in [0, 0.1) is 0 Å². The Hall–Kier alpha value is -2.69. The smallest absolute Gasteiger partial charge is 0.170 e. The second-order valence-corrected chi connectivity index (χ2v) is 5.84. The van der Waals surface area contributed by atoms with Gasteiger partial charge in [0.2, 0.25) is 0 Å². The maximum atomic E-state index is 12.1. The summed E-state index contributed by atoms with van der Waals surface area (Å²) in [6.07, 6.45) is 0.423. The predicted molar refractivity (Wildman–Crippen MR) is 92.5 cm³/mol. The van der Waals surface area contributed by atoms with Crippen molar-refractivity contribution in [3.05, 3.63) is 47.5 Å². The van der Waals surface area contributed by atoms with Crippen LogP contribution in [0.2, 0.25) is 0 Å². The van der Waals surface area contributed by atoms with E-state index in [-0.39, 0.29) is 5.78 Å². The zero-order chi connectivity index (χ0) is 17.1. The number of fused-ring (bicyclic) bond motifs is 1. The molecule has 0 radical (unpaired) electrons. The molecule has 5 heteroatoms. The van der Waals surface area contributed by atoms with Gasteiger partial charge in [-0.05, 0) is 29.8 Å². The zero-order valence-corrected chi connectivity index (χ0v) is 14.2. The molecule has 24 heavy (non-hydrogen) atoms. The van der Waals surface area contributed by atoms with Crippen LogP contribution in [0.3, 0.4) is 0 Å². The second kappa shape index (κ2) is 6.83. The van der Waals surface area contributed by atoms with Crippen LogP contribution in [-0.4, -0.2) is 33.6 Å². The maximum Gasteiger partial charge on any atom is 0.170 e. The number of rotatable bonds is 5. The molecular formula is C19H21NO4. The summed E-state index contributed by atoms with van der Waals surface area (Å²) in [6, 6.07) is 11.4. The number of carbonyl (C=O) groups excluding carboxylic acids is 1. The van der Waals surface area contributed by atoms with Crippen LogP contribution in [-0.2, 0) is 6.61 Å². The number of benzene rings is 2. The molecule has 126 valence electrons. The summed E-state index contributed by atoms with van der Waals surface area (Å²) in [5.41, 5.74) is 2.46. The Morgan fingerprint density at radius 1 is 1.12 bits per heavy atom. The number of Topliss-reactive ketones (excluding diaryl/α,β-unsaturated/α-hetero) is 1. The highest BCUT2D eigenvalue weighted by Gasteiger charge is 2.25. The number of ether oxygens (including phenoxy) is 3. The van der Waals surface area contributed by atoms with Crippen molar-refractivity contribution in [3.8, 4) is 17.2 Å². The Bertz CT molecular complexity index is 738. The molecule has 1 aliphatic rings. The molecule has 0 aromatic heterocycles. The Kier molecular flexibility index (Phi) is 4.60. The fraction of sp³-hybridized carbons (Fsp3) is 0.316. The van der Waals surface area contributed by atoms with Crippen LogP contribution in [0.1, 0.15) is 22.3 Å². The Morgan fingerprint density at radius 3 is 2.54 bits per heavy atom. The van der Waals surface area contributed by atoms with Gasteiger partial charge in [-0.2, -0.15) is 0 Å². The molecule has 5 nitrogen and oxygen atoms in total. The van der Waals surface area contributed by atoms with Crippen LogP contribution < -0.4 is 19.1 Å². The van der Waals surface area contributed by atoms with Crippen LogP contribution in [0.25, 0.3) is 0 Å². The summed E-state index contributed by atoms with van der Waals surface area (Å²) in [6.45, 7) is 0.839. The molecule has 0 fully saturated rings. The molecular weight excluding hydrogens is 306 g/mol. The summed E-state index contributed by atoms with van der Waals surface area (Å²) >= 11 is 0. The van der Waals surface area contributed by atoms with Crippen LogP contribution >= 0.6 is 0 Å². The van der Waals surface area contributed by atoms with Crippen molar-refractivity contribution in [2.75, 3.05) is 32.7 Å². The van der Waals surface area contributed by atoms with Gasteiger partial charge in [0, 0.05) is 20.5 Å². The largest absolute Gasteiger partial charge is 0.497 e. The minimum atomic E-state index is 0.112. The van der Waals surface area contributed by atoms with Gasteiger partial charge in [-0.25, -0.2) is 0 Å².